The molecular weight excluding hydrogens is 303 g/mol. The second-order valence-corrected chi connectivity index (χ2v) is 6.76. The summed E-state index contributed by atoms with van der Waals surface area (Å²) < 4.78 is 36.0. The number of benzene rings is 2. The first-order valence-electron chi connectivity index (χ1n) is 5.58. The van der Waals surface area contributed by atoms with E-state index in [0.717, 1.165) is 6.26 Å². The van der Waals surface area contributed by atoms with Gasteiger partial charge in [0.25, 0.3) is 0 Å². The van der Waals surface area contributed by atoms with E-state index in [2.05, 4.69) is 5.32 Å². The van der Waals surface area contributed by atoms with Crippen molar-refractivity contribution < 1.29 is 12.8 Å². The normalized spacial score (nSPS) is 11.3. The fraction of sp³-hybridized carbons (Fsp3) is 0.0769. The minimum Gasteiger partial charge on any atom is -0.397 e. The molecule has 0 aliphatic rings. The molecule has 0 fully saturated rings. The van der Waals surface area contributed by atoms with Gasteiger partial charge in [0.1, 0.15) is 5.82 Å². The number of nitrogen functional groups attached to an aromatic ring is 1. The lowest BCUT2D eigenvalue weighted by Crippen LogP contribution is -2.01. The van der Waals surface area contributed by atoms with Gasteiger partial charge in [0.05, 0.1) is 16.3 Å². The Balaban J connectivity index is 2.35. The molecule has 0 heterocycles. The molecule has 0 spiro atoms. The van der Waals surface area contributed by atoms with Crippen LogP contribution < -0.4 is 11.1 Å². The Hall–Kier alpha value is -1.79. The quantitative estimate of drug-likeness (QED) is 0.853. The van der Waals surface area contributed by atoms with E-state index in [4.69, 9.17) is 17.3 Å². The van der Waals surface area contributed by atoms with Crippen LogP contribution in [0.2, 0.25) is 5.02 Å². The zero-order valence-electron chi connectivity index (χ0n) is 10.5. The molecule has 0 aliphatic carbocycles. The molecule has 0 aromatic heterocycles. The summed E-state index contributed by atoms with van der Waals surface area (Å²) in [6.07, 6.45) is 1.10. The Bertz CT molecular complexity index is 743. The molecule has 2 rings (SSSR count). The fourth-order valence-corrected chi connectivity index (χ4v) is 2.54. The number of anilines is 3. The van der Waals surface area contributed by atoms with E-state index in [1.807, 2.05) is 0 Å². The summed E-state index contributed by atoms with van der Waals surface area (Å²) in [7, 11) is -3.32. The molecule has 2 aromatic carbocycles. The van der Waals surface area contributed by atoms with Crippen molar-refractivity contribution in [2.75, 3.05) is 17.3 Å². The molecule has 4 nitrogen and oxygen atoms in total. The van der Waals surface area contributed by atoms with Crippen LogP contribution in [0, 0.1) is 5.82 Å². The number of rotatable bonds is 3. The predicted octanol–water partition coefficient (Wildman–Crippen LogP) is 3.21. The molecule has 0 aliphatic heterocycles. The third kappa shape index (κ3) is 3.40. The largest absolute Gasteiger partial charge is 0.397 e. The van der Waals surface area contributed by atoms with Crippen molar-refractivity contribution in [3.8, 4) is 0 Å². The Kier molecular flexibility index (Phi) is 3.87. The number of halogens is 2. The molecule has 0 radical (unpaired) electrons. The number of nitrogens with two attached hydrogens (primary N) is 1. The molecule has 0 saturated carbocycles. The molecule has 2 aromatic rings. The molecule has 106 valence electrons. The van der Waals surface area contributed by atoms with Crippen molar-refractivity contribution >= 4 is 38.5 Å². The maximum atomic E-state index is 13.2. The lowest BCUT2D eigenvalue weighted by atomic mass is 10.2. The highest BCUT2D eigenvalue weighted by Gasteiger charge is 2.10. The van der Waals surface area contributed by atoms with Gasteiger partial charge in [-0.1, -0.05) is 11.6 Å². The summed E-state index contributed by atoms with van der Waals surface area (Å²) in [4.78, 5) is 0.123. The first kappa shape index (κ1) is 14.6. The monoisotopic (exact) mass is 314 g/mol. The highest BCUT2D eigenvalue weighted by atomic mass is 35.5. The minimum absolute atomic E-state index is 0.123. The second-order valence-electron chi connectivity index (χ2n) is 4.30. The second kappa shape index (κ2) is 5.30. The van der Waals surface area contributed by atoms with E-state index in [9.17, 15) is 12.8 Å². The number of nitrogens with one attached hydrogen (secondary N) is 1. The number of hydrogen-bond donors (Lipinski definition) is 2. The first-order valence-corrected chi connectivity index (χ1v) is 7.85. The van der Waals surface area contributed by atoms with E-state index in [0.29, 0.717) is 11.4 Å². The van der Waals surface area contributed by atoms with Gasteiger partial charge in [-0.15, -0.1) is 0 Å². The molecule has 0 bridgehead atoms. The minimum atomic E-state index is -3.32. The van der Waals surface area contributed by atoms with Crippen molar-refractivity contribution in [3.63, 3.8) is 0 Å². The Morgan fingerprint density at radius 3 is 2.45 bits per heavy atom. The summed E-state index contributed by atoms with van der Waals surface area (Å²) in [6, 6.07) is 8.27. The third-order valence-corrected chi connectivity index (χ3v) is 3.92. The maximum absolute atomic E-state index is 13.2. The Morgan fingerprint density at radius 1 is 1.20 bits per heavy atom. The lowest BCUT2D eigenvalue weighted by Gasteiger charge is -2.11. The van der Waals surface area contributed by atoms with Crippen molar-refractivity contribution in [2.24, 2.45) is 0 Å². The molecule has 0 saturated heterocycles. The SMILES string of the molecule is CS(=O)(=O)c1ccc(Nc2cc(F)cc(Cl)c2)c(N)c1. The van der Waals surface area contributed by atoms with Gasteiger partial charge in [0.15, 0.2) is 9.84 Å². The highest BCUT2D eigenvalue weighted by Crippen LogP contribution is 2.27. The van der Waals surface area contributed by atoms with Crippen LogP contribution in [-0.2, 0) is 9.84 Å². The lowest BCUT2D eigenvalue weighted by molar-refractivity contribution is 0.602. The summed E-state index contributed by atoms with van der Waals surface area (Å²) >= 11 is 5.75. The van der Waals surface area contributed by atoms with Crippen LogP contribution in [0.1, 0.15) is 0 Å². The van der Waals surface area contributed by atoms with Gasteiger partial charge in [-0.2, -0.15) is 0 Å². The van der Waals surface area contributed by atoms with Gasteiger partial charge in [-0.05, 0) is 36.4 Å². The molecule has 20 heavy (non-hydrogen) atoms. The first-order chi connectivity index (χ1) is 9.25. The summed E-state index contributed by atoms with van der Waals surface area (Å²) in [6.45, 7) is 0. The number of sulfone groups is 1. The number of hydrogen-bond acceptors (Lipinski definition) is 4. The summed E-state index contributed by atoms with van der Waals surface area (Å²) in [5.74, 6) is -0.480. The highest BCUT2D eigenvalue weighted by molar-refractivity contribution is 7.90. The zero-order valence-corrected chi connectivity index (χ0v) is 12.1. The van der Waals surface area contributed by atoms with Crippen LogP contribution in [0.5, 0.6) is 0 Å². The molecule has 0 unspecified atom stereocenters. The van der Waals surface area contributed by atoms with E-state index >= 15 is 0 Å². The molecule has 0 atom stereocenters. The zero-order chi connectivity index (χ0) is 14.9. The Labute approximate surface area is 121 Å². The van der Waals surface area contributed by atoms with Gasteiger partial charge in [0.2, 0.25) is 0 Å². The van der Waals surface area contributed by atoms with E-state index in [1.54, 1.807) is 0 Å². The summed E-state index contributed by atoms with van der Waals surface area (Å²) in [5.41, 5.74) is 6.93. The van der Waals surface area contributed by atoms with Crippen LogP contribution in [0.15, 0.2) is 41.3 Å². The standard InChI is InChI=1S/C13H12ClFN2O2S/c1-20(18,19)11-2-3-13(12(16)7-11)17-10-5-8(14)4-9(15)6-10/h2-7,17H,16H2,1H3. The van der Waals surface area contributed by atoms with Crippen LogP contribution in [0.4, 0.5) is 21.5 Å². The molecule has 3 N–H and O–H groups in total. The van der Waals surface area contributed by atoms with Crippen LogP contribution in [-0.4, -0.2) is 14.7 Å². The van der Waals surface area contributed by atoms with Crippen LogP contribution in [0.25, 0.3) is 0 Å². The van der Waals surface area contributed by atoms with Crippen LogP contribution in [0.3, 0.4) is 0 Å². The predicted molar refractivity (Wildman–Crippen MR) is 78.7 cm³/mol. The Morgan fingerprint density at radius 2 is 1.90 bits per heavy atom. The molecule has 0 amide bonds. The molecule has 7 heteroatoms. The van der Waals surface area contributed by atoms with E-state index < -0.39 is 15.7 Å². The average Bonchev–Trinajstić information content (AvgIpc) is 2.29. The van der Waals surface area contributed by atoms with Crippen molar-refractivity contribution in [2.45, 2.75) is 4.90 Å². The van der Waals surface area contributed by atoms with Gasteiger partial charge >= 0.3 is 0 Å². The van der Waals surface area contributed by atoms with Crippen molar-refractivity contribution in [1.29, 1.82) is 0 Å². The third-order valence-electron chi connectivity index (χ3n) is 2.59. The van der Waals surface area contributed by atoms with Crippen molar-refractivity contribution in [1.82, 2.24) is 0 Å². The van der Waals surface area contributed by atoms with Gasteiger partial charge in [-0.3, -0.25) is 0 Å². The molecular formula is C13H12ClFN2O2S. The van der Waals surface area contributed by atoms with Gasteiger partial charge in [0, 0.05) is 17.0 Å². The average molecular weight is 315 g/mol. The summed E-state index contributed by atoms with van der Waals surface area (Å²) in [5, 5.41) is 3.14. The van der Waals surface area contributed by atoms with Crippen molar-refractivity contribution in [3.05, 3.63) is 47.2 Å². The van der Waals surface area contributed by atoms with Gasteiger partial charge < -0.3 is 11.1 Å². The fourth-order valence-electron chi connectivity index (χ4n) is 1.67. The van der Waals surface area contributed by atoms with E-state index in [-0.39, 0.29) is 15.6 Å². The van der Waals surface area contributed by atoms with Gasteiger partial charge in [-0.25, -0.2) is 12.8 Å². The topological polar surface area (TPSA) is 72.2 Å². The maximum Gasteiger partial charge on any atom is 0.175 e. The van der Waals surface area contributed by atoms with E-state index in [1.165, 1.54) is 36.4 Å². The smallest absolute Gasteiger partial charge is 0.175 e. The van der Waals surface area contributed by atoms with Crippen LogP contribution >= 0.6 is 11.6 Å².